The number of hydrogen-bond acceptors (Lipinski definition) is 6. The van der Waals surface area contributed by atoms with Crippen LogP contribution in [0.1, 0.15) is 45.3 Å². The van der Waals surface area contributed by atoms with Crippen molar-refractivity contribution in [1.29, 1.82) is 0 Å². The molecule has 1 aromatic heterocycles. The molecule has 1 fully saturated rings. The van der Waals surface area contributed by atoms with Crippen LogP contribution in [0, 0.1) is 0 Å². The van der Waals surface area contributed by atoms with Gasteiger partial charge in [0, 0.05) is 18.8 Å². The molecule has 138 valence electrons. The van der Waals surface area contributed by atoms with Crippen LogP contribution in [0.4, 0.5) is 5.69 Å². The van der Waals surface area contributed by atoms with Crippen molar-refractivity contribution in [2.45, 2.75) is 25.7 Å². The summed E-state index contributed by atoms with van der Waals surface area (Å²) < 4.78 is 0. The second-order valence-electron chi connectivity index (χ2n) is 6.24. The smallest absolute Gasteiger partial charge is 0.286 e. The fraction of sp³-hybridized carbons (Fsp3) is 0.444. The van der Waals surface area contributed by atoms with Crippen LogP contribution >= 0.6 is 11.3 Å². The summed E-state index contributed by atoms with van der Waals surface area (Å²) in [6, 6.07) is 9.11. The highest BCUT2D eigenvalue weighted by Crippen LogP contribution is 2.13. The Labute approximate surface area is 156 Å². The van der Waals surface area contributed by atoms with Crippen molar-refractivity contribution in [2.24, 2.45) is 0 Å². The minimum atomic E-state index is -0.364. The Morgan fingerprint density at radius 2 is 1.62 bits per heavy atom. The number of benzene rings is 1. The molecular weight excluding hydrogens is 350 g/mol. The van der Waals surface area contributed by atoms with Gasteiger partial charge in [0.2, 0.25) is 10.0 Å². The molecule has 7 nitrogen and oxygen atoms in total. The predicted octanol–water partition coefficient (Wildman–Crippen LogP) is 2.40. The van der Waals surface area contributed by atoms with Crippen LogP contribution in [0.2, 0.25) is 0 Å². The number of likely N-dealkylation sites (tertiary alicyclic amines) is 1. The number of carbonyl (C=O) groups excluding carboxylic acids is 2. The minimum Gasteiger partial charge on any atom is -0.349 e. The quantitative estimate of drug-likeness (QED) is 0.812. The summed E-state index contributed by atoms with van der Waals surface area (Å²) in [5.74, 6) is -0.645. The third kappa shape index (κ3) is 5.34. The van der Waals surface area contributed by atoms with Gasteiger partial charge >= 0.3 is 0 Å². The molecule has 2 aromatic rings. The Balaban J connectivity index is 1.47. The largest absolute Gasteiger partial charge is 0.349 e. The van der Waals surface area contributed by atoms with E-state index in [0.29, 0.717) is 12.2 Å². The van der Waals surface area contributed by atoms with Crippen molar-refractivity contribution < 1.29 is 9.59 Å². The summed E-state index contributed by atoms with van der Waals surface area (Å²) in [4.78, 5) is 26.7. The highest BCUT2D eigenvalue weighted by molar-refractivity contribution is 7.15. The number of para-hydroxylation sites is 1. The first-order valence-electron chi connectivity index (χ1n) is 8.93. The van der Waals surface area contributed by atoms with E-state index in [0.717, 1.165) is 31.0 Å². The molecule has 1 saturated heterocycles. The van der Waals surface area contributed by atoms with Gasteiger partial charge in [-0.3, -0.25) is 9.59 Å². The van der Waals surface area contributed by atoms with Crippen molar-refractivity contribution >= 4 is 28.8 Å². The van der Waals surface area contributed by atoms with E-state index in [1.54, 1.807) is 12.1 Å². The third-order valence-electron chi connectivity index (χ3n) is 4.26. The number of nitrogens with zero attached hydrogens (tertiary/aromatic N) is 3. The van der Waals surface area contributed by atoms with Crippen molar-refractivity contribution in [3.8, 4) is 0 Å². The van der Waals surface area contributed by atoms with Gasteiger partial charge in [-0.2, -0.15) is 0 Å². The summed E-state index contributed by atoms with van der Waals surface area (Å²) in [5, 5.41) is 13.6. The minimum absolute atomic E-state index is 0.173. The van der Waals surface area contributed by atoms with Crippen LogP contribution < -0.4 is 10.6 Å². The Bertz CT molecular complexity index is 726. The molecule has 0 spiro atoms. The lowest BCUT2D eigenvalue weighted by Gasteiger charge is -2.19. The molecule has 8 heteroatoms. The zero-order valence-electron chi connectivity index (χ0n) is 14.6. The first-order chi connectivity index (χ1) is 12.7. The van der Waals surface area contributed by atoms with E-state index in [4.69, 9.17) is 0 Å². The number of anilines is 1. The van der Waals surface area contributed by atoms with Crippen LogP contribution in [0.15, 0.2) is 30.3 Å². The second kappa shape index (κ2) is 9.40. The average molecular weight is 373 g/mol. The first kappa shape index (κ1) is 18.5. The number of rotatable bonds is 6. The third-order valence-corrected chi connectivity index (χ3v) is 5.18. The fourth-order valence-electron chi connectivity index (χ4n) is 2.88. The molecule has 0 saturated carbocycles. The van der Waals surface area contributed by atoms with Gasteiger partial charge in [0.15, 0.2) is 0 Å². The zero-order chi connectivity index (χ0) is 18.2. The van der Waals surface area contributed by atoms with Gasteiger partial charge in [-0.25, -0.2) is 0 Å². The van der Waals surface area contributed by atoms with E-state index in [1.807, 2.05) is 18.2 Å². The van der Waals surface area contributed by atoms with Crippen LogP contribution in [0.5, 0.6) is 0 Å². The molecule has 0 aliphatic carbocycles. The SMILES string of the molecule is O=C(NCCN1CCCCCC1)c1nnc(C(=O)Nc2ccccc2)s1. The van der Waals surface area contributed by atoms with Gasteiger partial charge < -0.3 is 15.5 Å². The lowest BCUT2D eigenvalue weighted by atomic mass is 10.2. The average Bonchev–Trinajstić information content (AvgIpc) is 3.01. The molecule has 0 bridgehead atoms. The number of hydrogen-bond donors (Lipinski definition) is 2. The summed E-state index contributed by atoms with van der Waals surface area (Å²) in [7, 11) is 0. The van der Waals surface area contributed by atoms with Gasteiger partial charge in [0.05, 0.1) is 0 Å². The summed E-state index contributed by atoms with van der Waals surface area (Å²) in [6.07, 6.45) is 5.04. The molecule has 1 aliphatic heterocycles. The number of carbonyl (C=O) groups is 2. The Kier molecular flexibility index (Phi) is 6.68. The van der Waals surface area contributed by atoms with Gasteiger partial charge in [-0.05, 0) is 38.1 Å². The van der Waals surface area contributed by atoms with Crippen molar-refractivity contribution in [3.63, 3.8) is 0 Å². The van der Waals surface area contributed by atoms with Gasteiger partial charge in [0.1, 0.15) is 0 Å². The monoisotopic (exact) mass is 373 g/mol. The molecule has 0 atom stereocenters. The lowest BCUT2D eigenvalue weighted by Crippen LogP contribution is -2.35. The highest BCUT2D eigenvalue weighted by Gasteiger charge is 2.18. The molecule has 26 heavy (non-hydrogen) atoms. The van der Waals surface area contributed by atoms with Crippen molar-refractivity contribution in [3.05, 3.63) is 40.3 Å². The maximum absolute atomic E-state index is 12.2. The number of nitrogens with one attached hydrogen (secondary N) is 2. The molecule has 2 heterocycles. The second-order valence-corrected chi connectivity index (χ2v) is 7.22. The lowest BCUT2D eigenvalue weighted by molar-refractivity contribution is 0.0946. The van der Waals surface area contributed by atoms with Crippen LogP contribution in [-0.2, 0) is 0 Å². The van der Waals surface area contributed by atoms with Gasteiger partial charge in [-0.15, -0.1) is 10.2 Å². The van der Waals surface area contributed by atoms with Gasteiger partial charge in [-0.1, -0.05) is 42.4 Å². The zero-order valence-corrected chi connectivity index (χ0v) is 15.4. The molecule has 0 unspecified atom stereocenters. The van der Waals surface area contributed by atoms with Gasteiger partial charge in [0.25, 0.3) is 11.8 Å². The first-order valence-corrected chi connectivity index (χ1v) is 9.74. The van der Waals surface area contributed by atoms with Crippen molar-refractivity contribution in [1.82, 2.24) is 20.4 Å². The van der Waals surface area contributed by atoms with E-state index < -0.39 is 0 Å². The normalized spacial score (nSPS) is 15.2. The van der Waals surface area contributed by atoms with Crippen LogP contribution in [0.25, 0.3) is 0 Å². The van der Waals surface area contributed by atoms with Crippen LogP contribution in [-0.4, -0.2) is 53.1 Å². The van der Waals surface area contributed by atoms with Crippen LogP contribution in [0.3, 0.4) is 0 Å². The molecule has 1 aromatic carbocycles. The molecule has 1 aliphatic rings. The van der Waals surface area contributed by atoms with E-state index in [1.165, 1.54) is 25.7 Å². The summed E-state index contributed by atoms with van der Waals surface area (Å²) in [5.41, 5.74) is 0.677. The van der Waals surface area contributed by atoms with E-state index in [2.05, 4.69) is 25.7 Å². The maximum atomic E-state index is 12.2. The number of amides is 2. The Hall–Kier alpha value is -2.32. The fourth-order valence-corrected chi connectivity index (χ4v) is 3.53. The van der Waals surface area contributed by atoms with E-state index >= 15 is 0 Å². The molecule has 3 rings (SSSR count). The highest BCUT2D eigenvalue weighted by atomic mass is 32.1. The molecular formula is C18H23N5O2S. The topological polar surface area (TPSA) is 87.2 Å². The Morgan fingerprint density at radius 1 is 0.962 bits per heavy atom. The van der Waals surface area contributed by atoms with E-state index in [-0.39, 0.29) is 21.8 Å². The van der Waals surface area contributed by atoms with Crippen molar-refractivity contribution in [2.75, 3.05) is 31.5 Å². The summed E-state index contributed by atoms with van der Waals surface area (Å²) in [6.45, 7) is 3.60. The summed E-state index contributed by atoms with van der Waals surface area (Å²) >= 11 is 0.998. The molecule has 2 N–H and O–H groups in total. The maximum Gasteiger partial charge on any atom is 0.286 e. The van der Waals surface area contributed by atoms with E-state index in [9.17, 15) is 9.59 Å². The molecule has 2 amide bonds. The molecule has 0 radical (unpaired) electrons. The Morgan fingerprint density at radius 3 is 2.31 bits per heavy atom. The predicted molar refractivity (Wildman–Crippen MR) is 102 cm³/mol. The standard InChI is InChI=1S/C18H23N5O2S/c24-15(19-10-13-23-11-6-1-2-7-12-23)17-21-22-18(26-17)16(25)20-14-8-4-3-5-9-14/h3-5,8-9H,1-2,6-7,10-13H2,(H,19,24)(H,20,25). The number of aromatic nitrogens is 2.